The molecule has 2 aliphatic heterocycles. The van der Waals surface area contributed by atoms with Crippen LogP contribution in [0, 0.1) is 13.8 Å². The van der Waals surface area contributed by atoms with Crippen molar-refractivity contribution in [3.05, 3.63) is 53.0 Å². The molecular weight excluding hydrogens is 482 g/mol. The van der Waals surface area contributed by atoms with Crippen molar-refractivity contribution in [2.24, 2.45) is 0 Å². The van der Waals surface area contributed by atoms with Gasteiger partial charge in [-0.3, -0.25) is 0 Å². The predicted molar refractivity (Wildman–Crippen MR) is 149 cm³/mol. The van der Waals surface area contributed by atoms with E-state index in [-0.39, 0.29) is 0 Å². The van der Waals surface area contributed by atoms with Crippen molar-refractivity contribution in [1.82, 2.24) is 24.5 Å². The van der Waals surface area contributed by atoms with Crippen LogP contribution in [0.2, 0.25) is 0 Å². The third-order valence-electron chi connectivity index (χ3n) is 8.88. The Bertz CT molecular complexity index is 1560. The zero-order valence-electron chi connectivity index (χ0n) is 22.3. The van der Waals surface area contributed by atoms with Crippen LogP contribution in [0.1, 0.15) is 73.6 Å². The van der Waals surface area contributed by atoms with E-state index in [4.69, 9.17) is 0 Å². The van der Waals surface area contributed by atoms with Crippen LogP contribution in [0.4, 0.5) is 0 Å². The van der Waals surface area contributed by atoms with Crippen LogP contribution in [-0.4, -0.2) is 63.5 Å². The molecule has 1 N–H and O–H groups in total. The van der Waals surface area contributed by atoms with Gasteiger partial charge in [0.05, 0.1) is 17.2 Å². The van der Waals surface area contributed by atoms with Crippen molar-refractivity contribution in [3.63, 3.8) is 0 Å². The molecule has 196 valence electrons. The second kappa shape index (κ2) is 9.24. The van der Waals surface area contributed by atoms with Crippen molar-refractivity contribution in [3.8, 4) is 11.3 Å². The fraction of sp³-hybridized carbons (Fsp3) is 0.517. The number of nitrogens with zero attached hydrogens (tertiary/aromatic N) is 4. The van der Waals surface area contributed by atoms with E-state index in [1.165, 1.54) is 38.9 Å². The van der Waals surface area contributed by atoms with E-state index >= 15 is 0 Å². The summed E-state index contributed by atoms with van der Waals surface area (Å²) in [5.74, 6) is 1.62. The number of benzene rings is 1. The minimum atomic E-state index is -2.81. The van der Waals surface area contributed by atoms with Crippen LogP contribution in [0.15, 0.2) is 30.7 Å². The molecule has 1 aromatic carbocycles. The average Bonchev–Trinajstić information content (AvgIpc) is 3.50. The molecule has 5 heterocycles. The molecule has 2 aliphatic rings. The Labute approximate surface area is 219 Å². The van der Waals surface area contributed by atoms with Crippen molar-refractivity contribution in [2.75, 3.05) is 24.6 Å². The van der Waals surface area contributed by atoms with Crippen molar-refractivity contribution >= 4 is 26.4 Å². The van der Waals surface area contributed by atoms with Gasteiger partial charge in [-0.05, 0) is 98.8 Å². The first-order valence-corrected chi connectivity index (χ1v) is 15.4. The second-order valence-corrected chi connectivity index (χ2v) is 13.7. The summed E-state index contributed by atoms with van der Waals surface area (Å²) in [5.41, 5.74) is 9.63. The topological polar surface area (TPSA) is 83.4 Å². The second-order valence-electron chi connectivity index (χ2n) is 11.4. The summed E-state index contributed by atoms with van der Waals surface area (Å²) in [7, 11) is -2.81. The quantitative estimate of drug-likeness (QED) is 0.392. The molecule has 2 saturated heterocycles. The first-order valence-electron chi connectivity index (χ1n) is 13.6. The summed E-state index contributed by atoms with van der Waals surface area (Å²) < 4.78 is 25.6. The molecule has 3 aromatic heterocycles. The highest BCUT2D eigenvalue weighted by atomic mass is 32.2. The zero-order chi connectivity index (χ0) is 25.9. The van der Waals surface area contributed by atoms with Gasteiger partial charge in [-0.15, -0.1) is 0 Å². The number of nitrogens with one attached hydrogen (secondary N) is 1. The summed E-state index contributed by atoms with van der Waals surface area (Å²) in [6.07, 6.45) is 7.57. The van der Waals surface area contributed by atoms with E-state index in [9.17, 15) is 8.42 Å². The van der Waals surface area contributed by atoms with Crippen LogP contribution in [-0.2, 0) is 9.84 Å². The monoisotopic (exact) mass is 519 g/mol. The number of hydrogen-bond donors (Lipinski definition) is 1. The number of H-pyrrole nitrogens is 1. The zero-order valence-corrected chi connectivity index (χ0v) is 23.1. The largest absolute Gasteiger partial charge is 0.354 e. The molecule has 0 unspecified atom stereocenters. The van der Waals surface area contributed by atoms with Crippen LogP contribution >= 0.6 is 0 Å². The standard InChI is InChI=1S/C29H37N5O2S/c1-18(2)27-24-15-22(21-7-11-33(12-8-21)23-9-13-37(35,36)14-10-23)5-6-26(24)32-28(27)25-16-34-29(30-17-31-34)20(4)19(25)3/h5-6,15-18,21,23,32H,7-14H2,1-4H3. The third-order valence-corrected chi connectivity index (χ3v) is 10.6. The minimum Gasteiger partial charge on any atom is -0.354 e. The Morgan fingerprint density at radius 1 is 1.03 bits per heavy atom. The lowest BCUT2D eigenvalue weighted by Crippen LogP contribution is -2.44. The molecule has 0 radical (unpaired) electrons. The average molecular weight is 520 g/mol. The van der Waals surface area contributed by atoms with Gasteiger partial charge in [0, 0.05) is 28.7 Å². The van der Waals surface area contributed by atoms with E-state index in [1.54, 1.807) is 6.33 Å². The maximum absolute atomic E-state index is 11.8. The maximum Gasteiger partial charge on any atom is 0.158 e. The number of hydrogen-bond acceptors (Lipinski definition) is 5. The Kier molecular flexibility index (Phi) is 6.15. The molecule has 8 heteroatoms. The van der Waals surface area contributed by atoms with Crippen molar-refractivity contribution in [2.45, 2.75) is 71.3 Å². The smallest absolute Gasteiger partial charge is 0.158 e. The van der Waals surface area contributed by atoms with Crippen LogP contribution in [0.3, 0.4) is 0 Å². The number of likely N-dealkylation sites (tertiary alicyclic amines) is 1. The number of rotatable bonds is 4. The summed E-state index contributed by atoms with van der Waals surface area (Å²) >= 11 is 0. The van der Waals surface area contributed by atoms with Gasteiger partial charge in [-0.1, -0.05) is 19.9 Å². The Morgan fingerprint density at radius 2 is 1.76 bits per heavy atom. The number of aromatic nitrogens is 4. The van der Waals surface area contributed by atoms with Gasteiger partial charge in [0.15, 0.2) is 5.65 Å². The number of fused-ring (bicyclic) bond motifs is 2. The van der Waals surface area contributed by atoms with Gasteiger partial charge in [-0.2, -0.15) is 5.10 Å². The fourth-order valence-corrected chi connectivity index (χ4v) is 8.06. The van der Waals surface area contributed by atoms with Gasteiger partial charge in [0.1, 0.15) is 16.2 Å². The van der Waals surface area contributed by atoms with Gasteiger partial charge < -0.3 is 9.88 Å². The molecule has 2 fully saturated rings. The SMILES string of the molecule is Cc1c(-c2[nH]c3ccc(C4CCN(C5CCS(=O)(=O)CC5)CC4)cc3c2C(C)C)cn2ncnc2c1C. The van der Waals surface area contributed by atoms with Gasteiger partial charge in [0.25, 0.3) is 0 Å². The minimum absolute atomic E-state index is 0.352. The van der Waals surface area contributed by atoms with E-state index in [0.717, 1.165) is 50.0 Å². The van der Waals surface area contributed by atoms with E-state index < -0.39 is 9.84 Å². The number of piperidine rings is 1. The number of aromatic amines is 1. The lowest BCUT2D eigenvalue weighted by atomic mass is 9.86. The van der Waals surface area contributed by atoms with Crippen molar-refractivity contribution in [1.29, 1.82) is 0 Å². The Balaban J connectivity index is 1.30. The highest BCUT2D eigenvalue weighted by Gasteiger charge is 2.31. The maximum atomic E-state index is 11.8. The van der Waals surface area contributed by atoms with E-state index in [1.807, 2.05) is 4.52 Å². The summed E-state index contributed by atoms with van der Waals surface area (Å²) in [6, 6.07) is 7.42. The van der Waals surface area contributed by atoms with Crippen molar-refractivity contribution < 1.29 is 8.42 Å². The molecule has 0 saturated carbocycles. The lowest BCUT2D eigenvalue weighted by molar-refractivity contribution is 0.142. The molecule has 0 bridgehead atoms. The Hall–Kier alpha value is -2.71. The van der Waals surface area contributed by atoms with Crippen LogP contribution < -0.4 is 0 Å². The molecule has 6 rings (SSSR count). The third kappa shape index (κ3) is 4.38. The number of sulfone groups is 1. The molecule has 4 aromatic rings. The molecule has 0 aliphatic carbocycles. The molecule has 0 atom stereocenters. The highest BCUT2D eigenvalue weighted by Crippen LogP contribution is 2.40. The van der Waals surface area contributed by atoms with Gasteiger partial charge in [0.2, 0.25) is 0 Å². The van der Waals surface area contributed by atoms with Gasteiger partial charge in [-0.25, -0.2) is 17.9 Å². The van der Waals surface area contributed by atoms with Crippen LogP contribution in [0.5, 0.6) is 0 Å². The molecule has 0 spiro atoms. The number of aryl methyl sites for hydroxylation is 1. The van der Waals surface area contributed by atoms with E-state index in [0.29, 0.717) is 29.4 Å². The fourth-order valence-electron chi connectivity index (χ4n) is 6.59. The summed E-state index contributed by atoms with van der Waals surface area (Å²) in [5, 5.41) is 5.73. The predicted octanol–water partition coefficient (Wildman–Crippen LogP) is 5.37. The van der Waals surface area contributed by atoms with Gasteiger partial charge >= 0.3 is 0 Å². The lowest BCUT2D eigenvalue weighted by Gasteiger charge is -2.39. The summed E-state index contributed by atoms with van der Waals surface area (Å²) in [6.45, 7) is 11.0. The van der Waals surface area contributed by atoms with Crippen LogP contribution in [0.25, 0.3) is 27.8 Å². The summed E-state index contributed by atoms with van der Waals surface area (Å²) in [4.78, 5) is 10.7. The first-order chi connectivity index (χ1) is 17.7. The van der Waals surface area contributed by atoms with E-state index in [2.05, 4.69) is 72.1 Å². The molecule has 0 amide bonds. The molecule has 37 heavy (non-hydrogen) atoms. The molecule has 7 nitrogen and oxygen atoms in total. The highest BCUT2D eigenvalue weighted by molar-refractivity contribution is 7.91. The number of pyridine rings is 1. The molecular formula is C29H37N5O2S. The normalized spacial score (nSPS) is 19.9. The Morgan fingerprint density at radius 3 is 2.46 bits per heavy atom. The first kappa shape index (κ1) is 24.6.